The Morgan fingerprint density at radius 1 is 1.18 bits per heavy atom. The molecule has 1 heterocycles. The smallest absolute Gasteiger partial charge is 0.376 e. The van der Waals surface area contributed by atoms with Gasteiger partial charge in [-0.3, -0.25) is 4.99 Å². The van der Waals surface area contributed by atoms with E-state index in [0.29, 0.717) is 23.8 Å². The molecule has 2 aromatic rings. The van der Waals surface area contributed by atoms with Crippen molar-refractivity contribution in [2.24, 2.45) is 4.99 Å². The molecule has 0 saturated carbocycles. The zero-order valence-electron chi connectivity index (χ0n) is 15.3. The highest BCUT2D eigenvalue weighted by molar-refractivity contribution is 7.12. The van der Waals surface area contributed by atoms with Gasteiger partial charge in [0.25, 0.3) is 0 Å². The average Bonchev–Trinajstić information content (AvgIpc) is 3.24. The van der Waals surface area contributed by atoms with Gasteiger partial charge in [0.15, 0.2) is 5.84 Å². The second kappa shape index (κ2) is 11.1. The quantitative estimate of drug-likeness (QED) is 0.176. The minimum Gasteiger partial charge on any atom is -0.466 e. The predicted octanol–water partition coefficient (Wildman–Crippen LogP) is 3.14. The van der Waals surface area contributed by atoms with Gasteiger partial charge in [-0.1, -0.05) is 35.9 Å². The van der Waals surface area contributed by atoms with Gasteiger partial charge in [-0.15, -0.1) is 11.3 Å². The Bertz CT molecular complexity index is 865. The van der Waals surface area contributed by atoms with E-state index in [4.69, 9.17) is 16.4 Å². The maximum absolute atomic E-state index is 11.8. The van der Waals surface area contributed by atoms with Crippen molar-refractivity contribution in [3.05, 3.63) is 69.1 Å². The summed E-state index contributed by atoms with van der Waals surface area (Å²) in [6.07, 6.45) is 1.51. The molecule has 0 saturated heterocycles. The van der Waals surface area contributed by atoms with Crippen molar-refractivity contribution in [1.29, 1.82) is 0 Å². The first-order valence-electron chi connectivity index (χ1n) is 8.17. The Labute approximate surface area is 171 Å². The van der Waals surface area contributed by atoms with Gasteiger partial charge in [-0.25, -0.2) is 15.1 Å². The molecule has 0 spiro atoms. The van der Waals surface area contributed by atoms with Gasteiger partial charge in [0.1, 0.15) is 0 Å². The van der Waals surface area contributed by atoms with Crippen LogP contribution in [-0.4, -0.2) is 38.5 Å². The number of hydrogen-bond acceptors (Lipinski definition) is 7. The van der Waals surface area contributed by atoms with Crippen LogP contribution in [0.1, 0.15) is 10.4 Å². The Kier molecular flexibility index (Phi) is 8.51. The fraction of sp³-hybridized carbons (Fsp3) is 0.211. The van der Waals surface area contributed by atoms with Crippen LogP contribution in [0.25, 0.3) is 0 Å². The van der Waals surface area contributed by atoms with Crippen LogP contribution in [0.15, 0.2) is 58.6 Å². The van der Waals surface area contributed by atoms with E-state index in [1.807, 2.05) is 41.8 Å². The number of thiophene rings is 1. The van der Waals surface area contributed by atoms with Crippen molar-refractivity contribution in [1.82, 2.24) is 5.48 Å². The molecule has 0 aliphatic rings. The van der Waals surface area contributed by atoms with E-state index in [1.54, 1.807) is 0 Å². The molecule has 9 heteroatoms. The van der Waals surface area contributed by atoms with Gasteiger partial charge < -0.3 is 14.3 Å². The summed E-state index contributed by atoms with van der Waals surface area (Å²) in [5.41, 5.74) is 3.59. The van der Waals surface area contributed by atoms with Crippen LogP contribution < -0.4 is 5.48 Å². The molecule has 7 nitrogen and oxygen atoms in total. The third kappa shape index (κ3) is 6.40. The van der Waals surface area contributed by atoms with E-state index in [1.165, 1.54) is 25.6 Å². The van der Waals surface area contributed by atoms with Gasteiger partial charge in [0, 0.05) is 11.6 Å². The van der Waals surface area contributed by atoms with Crippen molar-refractivity contribution in [3.8, 4) is 0 Å². The monoisotopic (exact) mass is 422 g/mol. The lowest BCUT2D eigenvalue weighted by molar-refractivity contribution is -0.142. The van der Waals surface area contributed by atoms with Crippen LogP contribution in [0.3, 0.4) is 0 Å². The molecule has 0 aliphatic carbocycles. The molecular weight excluding hydrogens is 404 g/mol. The number of ether oxygens (including phenoxy) is 2. The number of carbonyl (C=O) groups excluding carboxylic acids is 2. The maximum Gasteiger partial charge on any atom is 0.376 e. The van der Waals surface area contributed by atoms with Crippen LogP contribution in [0.2, 0.25) is 5.02 Å². The number of nitrogens with one attached hydrogen (secondary N) is 1. The topological polar surface area (TPSA) is 86.2 Å². The largest absolute Gasteiger partial charge is 0.466 e. The Morgan fingerprint density at radius 2 is 1.96 bits per heavy atom. The zero-order chi connectivity index (χ0) is 20.4. The highest BCUT2D eigenvalue weighted by atomic mass is 35.5. The third-order valence-corrected chi connectivity index (χ3v) is 4.70. The molecule has 148 valence electrons. The van der Waals surface area contributed by atoms with E-state index >= 15 is 0 Å². The SMILES string of the molecule is COC(=O)/C=C(/ONC(=NCCc1ccccc1Cl)c1cccs1)C(=O)OC. The summed E-state index contributed by atoms with van der Waals surface area (Å²) in [6, 6.07) is 11.2. The number of esters is 2. The van der Waals surface area contributed by atoms with Gasteiger partial charge >= 0.3 is 11.9 Å². The minimum atomic E-state index is -0.834. The number of carbonyl (C=O) groups is 2. The lowest BCUT2D eigenvalue weighted by Gasteiger charge is -2.11. The van der Waals surface area contributed by atoms with Crippen LogP contribution >= 0.6 is 22.9 Å². The summed E-state index contributed by atoms with van der Waals surface area (Å²) < 4.78 is 9.11. The number of hydrogen-bond donors (Lipinski definition) is 1. The standard InChI is InChI=1S/C19H19ClN2O5S/c1-25-17(23)12-15(19(24)26-2)27-22-18(16-8-5-11-28-16)21-10-9-13-6-3-4-7-14(13)20/h3-8,11-12H,9-10H2,1-2H3,(H,21,22)/b15-12+. The first kappa shape index (κ1) is 21.5. The summed E-state index contributed by atoms with van der Waals surface area (Å²) in [7, 11) is 2.36. The van der Waals surface area contributed by atoms with Crippen molar-refractivity contribution in [2.75, 3.05) is 20.8 Å². The molecular formula is C19H19ClN2O5S. The highest BCUT2D eigenvalue weighted by Crippen LogP contribution is 2.16. The van der Waals surface area contributed by atoms with Crippen LogP contribution in [0, 0.1) is 0 Å². The molecule has 1 aromatic heterocycles. The van der Waals surface area contributed by atoms with Crippen LogP contribution in [-0.2, 0) is 30.3 Å². The second-order valence-corrected chi connectivity index (χ2v) is 6.63. The first-order chi connectivity index (χ1) is 13.5. The van der Waals surface area contributed by atoms with Gasteiger partial charge in [-0.2, -0.15) is 0 Å². The van der Waals surface area contributed by atoms with Crippen LogP contribution in [0.4, 0.5) is 0 Å². The number of methoxy groups -OCH3 is 2. The summed E-state index contributed by atoms with van der Waals surface area (Å²) in [4.78, 5) is 33.8. The third-order valence-electron chi connectivity index (χ3n) is 3.46. The van der Waals surface area contributed by atoms with Crippen molar-refractivity contribution >= 4 is 40.7 Å². The highest BCUT2D eigenvalue weighted by Gasteiger charge is 2.16. The summed E-state index contributed by atoms with van der Waals surface area (Å²) >= 11 is 7.60. The van der Waals surface area contributed by atoms with Crippen molar-refractivity contribution in [3.63, 3.8) is 0 Å². The van der Waals surface area contributed by atoms with Gasteiger partial charge in [-0.05, 0) is 29.5 Å². The molecule has 28 heavy (non-hydrogen) atoms. The van der Waals surface area contributed by atoms with Gasteiger partial charge in [0.05, 0.1) is 25.2 Å². The summed E-state index contributed by atoms with van der Waals surface area (Å²) in [6.45, 7) is 0.432. The molecule has 1 N–H and O–H groups in total. The molecule has 0 aliphatic heterocycles. The van der Waals surface area contributed by atoms with Crippen LogP contribution in [0.5, 0.6) is 0 Å². The molecule has 0 fully saturated rings. The lowest BCUT2D eigenvalue weighted by Crippen LogP contribution is -2.27. The molecule has 2 rings (SSSR count). The van der Waals surface area contributed by atoms with Crippen molar-refractivity contribution < 1.29 is 23.9 Å². The number of hydroxylamine groups is 1. The number of nitrogens with zero attached hydrogens (tertiary/aromatic N) is 1. The number of halogens is 1. The zero-order valence-corrected chi connectivity index (χ0v) is 16.9. The van der Waals surface area contributed by atoms with E-state index in [2.05, 4.69) is 19.9 Å². The minimum absolute atomic E-state index is 0.357. The molecule has 0 bridgehead atoms. The van der Waals surface area contributed by atoms with E-state index in [-0.39, 0.29) is 5.76 Å². The van der Waals surface area contributed by atoms with Crippen molar-refractivity contribution in [2.45, 2.75) is 6.42 Å². The maximum atomic E-state index is 11.8. The molecule has 0 radical (unpaired) electrons. The predicted molar refractivity (Wildman–Crippen MR) is 107 cm³/mol. The fourth-order valence-electron chi connectivity index (χ4n) is 2.06. The second-order valence-electron chi connectivity index (χ2n) is 5.28. The number of aliphatic imine (C=N–C) groups is 1. The van der Waals surface area contributed by atoms with E-state index < -0.39 is 11.9 Å². The van der Waals surface area contributed by atoms with Gasteiger partial charge in [0.2, 0.25) is 5.76 Å². The summed E-state index contributed by atoms with van der Waals surface area (Å²) in [5.74, 6) is -1.54. The normalized spacial score (nSPS) is 11.7. The number of amidine groups is 1. The average molecular weight is 423 g/mol. The molecule has 0 unspecified atom stereocenters. The number of rotatable bonds is 8. The Morgan fingerprint density at radius 3 is 2.61 bits per heavy atom. The van der Waals surface area contributed by atoms with E-state index in [9.17, 15) is 9.59 Å². The summed E-state index contributed by atoms with van der Waals surface area (Å²) in [5, 5.41) is 2.56. The molecule has 0 atom stereocenters. The first-order valence-corrected chi connectivity index (χ1v) is 9.43. The Hall–Kier alpha value is -2.84. The van der Waals surface area contributed by atoms with E-state index in [0.717, 1.165) is 16.5 Å². The lowest BCUT2D eigenvalue weighted by atomic mass is 10.1. The fourth-order valence-corrected chi connectivity index (χ4v) is 2.97. The Balaban J connectivity index is 2.12. The molecule has 1 aromatic carbocycles. The molecule has 0 amide bonds. The number of benzene rings is 1.